The number of ether oxygens (including phenoxy) is 2. The molecule has 2 aliphatic rings. The van der Waals surface area contributed by atoms with E-state index in [1.54, 1.807) is 6.33 Å². The van der Waals surface area contributed by atoms with Crippen molar-refractivity contribution in [2.24, 2.45) is 0 Å². The molecule has 1 aromatic heterocycles. The molecule has 1 amide bonds. The number of aliphatic hydroxyl groups excluding tert-OH is 1. The summed E-state index contributed by atoms with van der Waals surface area (Å²) in [5.74, 6) is -0.0537. The SMILES string of the molecule is O=C(CCn1cnc2ccccc21)N[C@@H]1CO[C@H]2[C@@H]1OC[C@H]2O. The third-order valence-electron chi connectivity index (χ3n) is 4.48. The minimum absolute atomic E-state index is 0.0537. The number of rotatable bonds is 4. The van der Waals surface area contributed by atoms with Crippen LogP contribution < -0.4 is 5.32 Å². The number of aromatic nitrogens is 2. The molecule has 2 fully saturated rings. The fourth-order valence-electron chi connectivity index (χ4n) is 3.29. The van der Waals surface area contributed by atoms with Crippen LogP contribution in [0.3, 0.4) is 0 Å². The molecule has 0 radical (unpaired) electrons. The first-order valence-electron chi connectivity index (χ1n) is 7.83. The van der Waals surface area contributed by atoms with Gasteiger partial charge in [-0.15, -0.1) is 0 Å². The molecule has 1 aromatic carbocycles. The van der Waals surface area contributed by atoms with Gasteiger partial charge in [-0.2, -0.15) is 0 Å². The number of nitrogens with one attached hydrogen (secondary N) is 1. The van der Waals surface area contributed by atoms with E-state index in [-0.39, 0.29) is 30.8 Å². The Bertz CT molecular complexity index is 716. The Kier molecular flexibility index (Phi) is 3.76. The summed E-state index contributed by atoms with van der Waals surface area (Å²) in [5.41, 5.74) is 1.94. The highest BCUT2D eigenvalue weighted by Gasteiger charge is 2.47. The second-order valence-electron chi connectivity index (χ2n) is 6.01. The Morgan fingerprint density at radius 2 is 2.13 bits per heavy atom. The first kappa shape index (κ1) is 14.6. The minimum Gasteiger partial charge on any atom is -0.388 e. The van der Waals surface area contributed by atoms with Crippen molar-refractivity contribution in [1.82, 2.24) is 14.9 Å². The van der Waals surface area contributed by atoms with E-state index in [1.807, 2.05) is 28.8 Å². The molecule has 0 spiro atoms. The van der Waals surface area contributed by atoms with Gasteiger partial charge in [-0.25, -0.2) is 4.98 Å². The molecule has 2 saturated heterocycles. The van der Waals surface area contributed by atoms with E-state index in [4.69, 9.17) is 9.47 Å². The van der Waals surface area contributed by atoms with Crippen LogP contribution in [0.25, 0.3) is 11.0 Å². The van der Waals surface area contributed by atoms with Crippen LogP contribution in [-0.2, 0) is 20.8 Å². The summed E-state index contributed by atoms with van der Waals surface area (Å²) < 4.78 is 13.0. The highest BCUT2D eigenvalue weighted by atomic mass is 16.6. The summed E-state index contributed by atoms with van der Waals surface area (Å²) in [6, 6.07) is 7.65. The number of aryl methyl sites for hydroxylation is 1. The number of carbonyl (C=O) groups excluding carboxylic acids is 1. The molecule has 7 nitrogen and oxygen atoms in total. The van der Waals surface area contributed by atoms with E-state index in [9.17, 15) is 9.90 Å². The second kappa shape index (κ2) is 5.92. The third kappa shape index (κ3) is 2.71. The molecule has 2 aromatic rings. The molecule has 3 heterocycles. The molecule has 2 aliphatic heterocycles. The van der Waals surface area contributed by atoms with Crippen LogP contribution in [0.4, 0.5) is 0 Å². The fraction of sp³-hybridized carbons (Fsp3) is 0.500. The Morgan fingerprint density at radius 3 is 3.04 bits per heavy atom. The van der Waals surface area contributed by atoms with Gasteiger partial charge in [0, 0.05) is 13.0 Å². The maximum Gasteiger partial charge on any atom is 0.222 e. The Morgan fingerprint density at radius 1 is 1.30 bits per heavy atom. The van der Waals surface area contributed by atoms with Gasteiger partial charge < -0.3 is 24.5 Å². The highest BCUT2D eigenvalue weighted by molar-refractivity contribution is 5.77. The number of nitrogens with zero attached hydrogens (tertiary/aromatic N) is 2. The number of benzene rings is 1. The van der Waals surface area contributed by atoms with Gasteiger partial charge in [0.25, 0.3) is 0 Å². The summed E-state index contributed by atoms with van der Waals surface area (Å²) in [7, 11) is 0. The Hall–Kier alpha value is -1.96. The molecule has 0 bridgehead atoms. The van der Waals surface area contributed by atoms with E-state index in [2.05, 4.69) is 10.3 Å². The molecule has 2 N–H and O–H groups in total. The van der Waals surface area contributed by atoms with E-state index in [1.165, 1.54) is 0 Å². The van der Waals surface area contributed by atoms with Gasteiger partial charge in [-0.3, -0.25) is 4.79 Å². The van der Waals surface area contributed by atoms with Crippen LogP contribution in [0.5, 0.6) is 0 Å². The van der Waals surface area contributed by atoms with Crippen molar-refractivity contribution >= 4 is 16.9 Å². The lowest BCUT2D eigenvalue weighted by molar-refractivity contribution is -0.122. The number of hydrogen-bond donors (Lipinski definition) is 2. The second-order valence-corrected chi connectivity index (χ2v) is 6.01. The lowest BCUT2D eigenvalue weighted by Gasteiger charge is -2.17. The van der Waals surface area contributed by atoms with Crippen LogP contribution >= 0.6 is 0 Å². The van der Waals surface area contributed by atoms with Gasteiger partial charge in [0.15, 0.2) is 0 Å². The number of para-hydroxylation sites is 2. The zero-order chi connectivity index (χ0) is 15.8. The molecule has 122 valence electrons. The van der Waals surface area contributed by atoms with Crippen molar-refractivity contribution in [3.8, 4) is 0 Å². The van der Waals surface area contributed by atoms with Crippen LogP contribution in [-0.4, -0.2) is 58.1 Å². The van der Waals surface area contributed by atoms with Gasteiger partial charge in [0.2, 0.25) is 5.91 Å². The van der Waals surface area contributed by atoms with Gasteiger partial charge in [-0.05, 0) is 12.1 Å². The lowest BCUT2D eigenvalue weighted by atomic mass is 10.1. The molecule has 0 saturated carbocycles. The number of hydrogen-bond acceptors (Lipinski definition) is 5. The lowest BCUT2D eigenvalue weighted by Crippen LogP contribution is -2.44. The van der Waals surface area contributed by atoms with Crippen LogP contribution in [0, 0.1) is 0 Å². The molecule has 0 unspecified atom stereocenters. The van der Waals surface area contributed by atoms with Gasteiger partial charge in [0.05, 0.1) is 36.6 Å². The Labute approximate surface area is 133 Å². The number of fused-ring (bicyclic) bond motifs is 2. The van der Waals surface area contributed by atoms with Crippen molar-refractivity contribution in [2.75, 3.05) is 13.2 Å². The van der Waals surface area contributed by atoms with E-state index in [0.29, 0.717) is 19.6 Å². The van der Waals surface area contributed by atoms with E-state index in [0.717, 1.165) is 11.0 Å². The first-order valence-corrected chi connectivity index (χ1v) is 7.83. The predicted octanol–water partition coefficient (Wildman–Crippen LogP) is 0.0697. The quantitative estimate of drug-likeness (QED) is 0.833. The summed E-state index contributed by atoms with van der Waals surface area (Å²) in [5, 5.41) is 12.7. The maximum absolute atomic E-state index is 12.2. The molecule has 4 atom stereocenters. The maximum atomic E-state index is 12.2. The fourth-order valence-corrected chi connectivity index (χ4v) is 3.29. The zero-order valence-electron chi connectivity index (χ0n) is 12.6. The van der Waals surface area contributed by atoms with E-state index < -0.39 is 6.10 Å². The van der Waals surface area contributed by atoms with Crippen molar-refractivity contribution in [3.63, 3.8) is 0 Å². The molecule has 23 heavy (non-hydrogen) atoms. The summed E-state index contributed by atoms with van der Waals surface area (Å²) >= 11 is 0. The first-order chi connectivity index (χ1) is 11.2. The van der Waals surface area contributed by atoms with Gasteiger partial charge in [-0.1, -0.05) is 12.1 Å². The van der Waals surface area contributed by atoms with Crippen molar-refractivity contribution < 1.29 is 19.4 Å². The standard InChI is InChI=1S/C16H19N3O4/c20-13-8-23-15-11(7-22-16(13)15)18-14(21)5-6-19-9-17-10-3-1-2-4-12(10)19/h1-4,9,11,13,15-16,20H,5-8H2,(H,18,21)/t11-,13-,15-,16-/m1/s1. The molecular weight excluding hydrogens is 298 g/mol. The van der Waals surface area contributed by atoms with Crippen LogP contribution in [0.1, 0.15) is 6.42 Å². The smallest absolute Gasteiger partial charge is 0.222 e. The average Bonchev–Trinajstić information content (AvgIpc) is 3.23. The molecule has 0 aliphatic carbocycles. The average molecular weight is 317 g/mol. The number of aliphatic hydroxyl groups is 1. The zero-order valence-corrected chi connectivity index (χ0v) is 12.6. The van der Waals surface area contributed by atoms with Gasteiger partial charge in [0.1, 0.15) is 18.3 Å². The van der Waals surface area contributed by atoms with Gasteiger partial charge >= 0.3 is 0 Å². The molecule has 7 heteroatoms. The number of carbonyl (C=O) groups is 1. The molecule has 4 rings (SSSR count). The monoisotopic (exact) mass is 317 g/mol. The third-order valence-corrected chi connectivity index (χ3v) is 4.48. The van der Waals surface area contributed by atoms with Crippen LogP contribution in [0.2, 0.25) is 0 Å². The highest BCUT2D eigenvalue weighted by Crippen LogP contribution is 2.27. The van der Waals surface area contributed by atoms with Crippen molar-refractivity contribution in [2.45, 2.75) is 37.3 Å². The molecular formula is C16H19N3O4. The summed E-state index contributed by atoms with van der Waals surface area (Å²) in [6.45, 7) is 1.21. The van der Waals surface area contributed by atoms with Crippen LogP contribution in [0.15, 0.2) is 30.6 Å². The normalized spacial score (nSPS) is 29.8. The summed E-state index contributed by atoms with van der Waals surface area (Å²) in [4.78, 5) is 16.5. The van der Waals surface area contributed by atoms with E-state index >= 15 is 0 Å². The predicted molar refractivity (Wildman–Crippen MR) is 81.8 cm³/mol. The number of amides is 1. The number of imidazole rings is 1. The Balaban J connectivity index is 1.34. The topological polar surface area (TPSA) is 85.6 Å². The van der Waals surface area contributed by atoms with Crippen molar-refractivity contribution in [1.29, 1.82) is 0 Å². The van der Waals surface area contributed by atoms with Crippen molar-refractivity contribution in [3.05, 3.63) is 30.6 Å². The largest absolute Gasteiger partial charge is 0.388 e. The summed E-state index contributed by atoms with van der Waals surface area (Å²) in [6.07, 6.45) is 0.944. The minimum atomic E-state index is -0.598.